The Hall–Kier alpha value is -3.27. The highest BCUT2D eigenvalue weighted by atomic mass is 16.7. The smallest absolute Gasteiger partial charge is 0.361 e. The quantitative estimate of drug-likeness (QED) is 0.0212. The first-order valence-corrected chi connectivity index (χ1v) is 25.1. The Morgan fingerprint density at radius 3 is 1.35 bits per heavy atom. The molecule has 0 radical (unpaired) electrons. The van der Waals surface area contributed by atoms with E-state index in [4.69, 9.17) is 18.9 Å². The largest absolute Gasteiger partial charge is 0.477 e. The van der Waals surface area contributed by atoms with Gasteiger partial charge in [0.25, 0.3) is 6.29 Å². The molecule has 0 heterocycles. The van der Waals surface area contributed by atoms with Crippen LogP contribution in [-0.4, -0.2) is 87.4 Å². The number of unbranched alkanes of at least 4 members (excludes halogenated alkanes) is 18. The maximum Gasteiger partial charge on any atom is 0.361 e. The highest BCUT2D eigenvalue weighted by Crippen LogP contribution is 2.14. The normalized spacial score (nSPS) is 13.5. The fourth-order valence-corrected chi connectivity index (χ4v) is 6.56. The molecule has 0 aliphatic heterocycles. The summed E-state index contributed by atoms with van der Waals surface area (Å²) in [5.74, 6) is -2.04. The molecule has 2 unspecified atom stereocenters. The number of carboxylic acids is 1. The molecule has 63 heavy (non-hydrogen) atoms. The molecule has 2 atom stereocenters. The molecule has 0 saturated heterocycles. The molecule has 0 aromatic heterocycles. The van der Waals surface area contributed by atoms with Gasteiger partial charge in [-0.2, -0.15) is 0 Å². The summed E-state index contributed by atoms with van der Waals surface area (Å²) in [7, 11) is 5.95. The van der Waals surface area contributed by atoms with Gasteiger partial charge >= 0.3 is 17.9 Å². The zero-order valence-corrected chi connectivity index (χ0v) is 41.0. The molecule has 0 spiro atoms. The molecular formula is C54H94NO8+. The van der Waals surface area contributed by atoms with Gasteiger partial charge in [0.05, 0.1) is 34.4 Å². The minimum atomic E-state index is -1.52. The summed E-state index contributed by atoms with van der Waals surface area (Å²) >= 11 is 0. The van der Waals surface area contributed by atoms with Gasteiger partial charge in [0.2, 0.25) is 0 Å². The van der Waals surface area contributed by atoms with Crippen molar-refractivity contribution < 1.29 is 42.9 Å². The van der Waals surface area contributed by atoms with Crippen molar-refractivity contribution in [3.8, 4) is 0 Å². The third kappa shape index (κ3) is 46.5. The molecule has 0 bridgehead atoms. The van der Waals surface area contributed by atoms with Crippen molar-refractivity contribution in [1.29, 1.82) is 0 Å². The molecule has 0 aliphatic rings. The Kier molecular flexibility index (Phi) is 43.0. The molecule has 362 valence electrons. The first-order chi connectivity index (χ1) is 30.6. The van der Waals surface area contributed by atoms with Crippen LogP contribution in [-0.2, 0) is 33.3 Å². The van der Waals surface area contributed by atoms with Gasteiger partial charge in [-0.25, -0.2) is 4.79 Å². The van der Waals surface area contributed by atoms with Crippen LogP contribution in [0.2, 0.25) is 0 Å². The van der Waals surface area contributed by atoms with Crippen molar-refractivity contribution in [2.75, 3.05) is 47.5 Å². The van der Waals surface area contributed by atoms with Crippen molar-refractivity contribution in [2.45, 2.75) is 206 Å². The van der Waals surface area contributed by atoms with Crippen molar-refractivity contribution in [2.24, 2.45) is 0 Å². The second kappa shape index (κ2) is 45.3. The van der Waals surface area contributed by atoms with Crippen LogP contribution in [0.4, 0.5) is 0 Å². The standard InChI is InChI=1S/C54H93NO8/c1-6-8-10-12-14-16-18-20-22-23-24-25-26-27-28-29-31-33-35-37-39-41-43-45-52(57)63-50(49-62-54(53(58)59)60-47-46-55(3,4)5)48-61-51(56)44-42-40-38-36-34-32-30-21-19-17-15-13-11-9-7-2/h8,10,14-17,20-22,24-25,30,50,54H,6-7,9,11-13,18-19,23,26-29,31-49H2,1-5H3/p+1/b10-8-,16-14-,17-15-,22-20-,25-24-,30-21-. The lowest BCUT2D eigenvalue weighted by Gasteiger charge is -2.25. The summed E-state index contributed by atoms with van der Waals surface area (Å²) in [6, 6.07) is 0. The van der Waals surface area contributed by atoms with E-state index in [9.17, 15) is 19.5 Å². The number of esters is 2. The number of likely N-dealkylation sites (N-methyl/N-ethyl adjacent to an activating group) is 1. The van der Waals surface area contributed by atoms with Crippen molar-refractivity contribution in [3.05, 3.63) is 72.9 Å². The summed E-state index contributed by atoms with van der Waals surface area (Å²) < 4.78 is 22.8. The number of quaternary nitrogens is 1. The summed E-state index contributed by atoms with van der Waals surface area (Å²) in [5, 5.41) is 9.66. The molecule has 1 N–H and O–H groups in total. The van der Waals surface area contributed by atoms with E-state index >= 15 is 0 Å². The van der Waals surface area contributed by atoms with E-state index in [2.05, 4.69) is 86.8 Å². The predicted molar refractivity (Wildman–Crippen MR) is 263 cm³/mol. The highest BCUT2D eigenvalue weighted by Gasteiger charge is 2.25. The number of allylic oxidation sites excluding steroid dienone is 12. The minimum absolute atomic E-state index is 0.181. The number of hydrogen-bond acceptors (Lipinski definition) is 7. The van der Waals surface area contributed by atoms with Gasteiger partial charge in [0.15, 0.2) is 6.10 Å². The van der Waals surface area contributed by atoms with E-state index in [1.165, 1.54) is 64.2 Å². The van der Waals surface area contributed by atoms with Gasteiger partial charge in [0.1, 0.15) is 13.2 Å². The maximum atomic E-state index is 12.8. The van der Waals surface area contributed by atoms with E-state index in [1.807, 2.05) is 21.1 Å². The van der Waals surface area contributed by atoms with Crippen molar-refractivity contribution in [3.63, 3.8) is 0 Å². The van der Waals surface area contributed by atoms with Gasteiger partial charge in [0, 0.05) is 12.8 Å². The third-order valence-corrected chi connectivity index (χ3v) is 10.4. The number of carboxylic acid groups (broad SMARTS) is 1. The number of ether oxygens (including phenoxy) is 4. The molecule has 0 fully saturated rings. The molecule has 0 saturated carbocycles. The molecule has 0 aliphatic carbocycles. The van der Waals surface area contributed by atoms with Crippen LogP contribution in [0.25, 0.3) is 0 Å². The van der Waals surface area contributed by atoms with Crippen LogP contribution in [0.3, 0.4) is 0 Å². The first kappa shape index (κ1) is 59.7. The predicted octanol–water partition coefficient (Wildman–Crippen LogP) is 13.9. The number of carbonyl (C=O) groups excluding carboxylic acids is 2. The van der Waals surface area contributed by atoms with Gasteiger partial charge in [-0.1, -0.05) is 170 Å². The third-order valence-electron chi connectivity index (χ3n) is 10.4. The van der Waals surface area contributed by atoms with Crippen molar-refractivity contribution in [1.82, 2.24) is 0 Å². The molecule has 0 rings (SSSR count). The van der Waals surface area contributed by atoms with Crippen LogP contribution in [0.5, 0.6) is 0 Å². The maximum absolute atomic E-state index is 12.8. The number of rotatable bonds is 45. The van der Waals surface area contributed by atoms with Crippen LogP contribution >= 0.6 is 0 Å². The lowest BCUT2D eigenvalue weighted by atomic mass is 10.0. The fourth-order valence-electron chi connectivity index (χ4n) is 6.56. The van der Waals surface area contributed by atoms with Crippen LogP contribution in [0, 0.1) is 0 Å². The number of hydrogen-bond donors (Lipinski definition) is 1. The van der Waals surface area contributed by atoms with E-state index in [-0.39, 0.29) is 38.6 Å². The Balaban J connectivity index is 4.36. The molecule has 9 heteroatoms. The Bertz CT molecular complexity index is 1260. The monoisotopic (exact) mass is 885 g/mol. The number of carbonyl (C=O) groups is 3. The SMILES string of the molecule is CC/C=C\C/C=C\C/C=C\C/C=C\CCCCCCCCCCCCC(=O)OC(COC(=O)CCCCCCC/C=C\C/C=C\CCCCC)COC(OCC[N+](C)(C)C)C(=O)O. The number of nitrogens with zero attached hydrogens (tertiary/aromatic N) is 1. The summed E-state index contributed by atoms with van der Waals surface area (Å²) in [6.45, 7) is 4.70. The zero-order valence-electron chi connectivity index (χ0n) is 41.0. The van der Waals surface area contributed by atoms with E-state index < -0.39 is 24.3 Å². The average Bonchev–Trinajstić information content (AvgIpc) is 3.24. The summed E-state index contributed by atoms with van der Waals surface area (Å²) in [4.78, 5) is 37.2. The number of aliphatic carboxylic acids is 1. The van der Waals surface area contributed by atoms with E-state index in [0.29, 0.717) is 17.4 Å². The minimum Gasteiger partial charge on any atom is -0.477 e. The van der Waals surface area contributed by atoms with Crippen LogP contribution in [0.1, 0.15) is 194 Å². The zero-order chi connectivity index (χ0) is 46.3. The van der Waals surface area contributed by atoms with Gasteiger partial charge in [-0.3, -0.25) is 9.59 Å². The second-order valence-electron chi connectivity index (χ2n) is 17.7. The molecule has 9 nitrogen and oxygen atoms in total. The molecule has 0 amide bonds. The van der Waals surface area contributed by atoms with E-state index in [1.54, 1.807) is 0 Å². The molecular weight excluding hydrogens is 791 g/mol. The molecule has 0 aromatic rings. The van der Waals surface area contributed by atoms with Crippen LogP contribution < -0.4 is 0 Å². The second-order valence-corrected chi connectivity index (χ2v) is 17.7. The van der Waals surface area contributed by atoms with Gasteiger partial charge in [-0.15, -0.1) is 0 Å². The Labute approximate surface area is 386 Å². The van der Waals surface area contributed by atoms with Crippen molar-refractivity contribution >= 4 is 17.9 Å². The lowest BCUT2D eigenvalue weighted by molar-refractivity contribution is -0.870. The summed E-state index contributed by atoms with van der Waals surface area (Å²) in [6.07, 6.45) is 53.9. The molecule has 0 aromatic carbocycles. The average molecular weight is 885 g/mol. The highest BCUT2D eigenvalue weighted by molar-refractivity contribution is 5.71. The Morgan fingerprint density at radius 1 is 0.492 bits per heavy atom. The Morgan fingerprint density at radius 2 is 0.905 bits per heavy atom. The topological polar surface area (TPSA) is 108 Å². The summed E-state index contributed by atoms with van der Waals surface area (Å²) in [5.41, 5.74) is 0. The van der Waals surface area contributed by atoms with E-state index in [0.717, 1.165) is 96.3 Å². The lowest BCUT2D eigenvalue weighted by Crippen LogP contribution is -2.40. The van der Waals surface area contributed by atoms with Gasteiger partial charge < -0.3 is 28.5 Å². The van der Waals surface area contributed by atoms with Gasteiger partial charge in [-0.05, 0) is 83.5 Å². The van der Waals surface area contributed by atoms with Crippen LogP contribution in [0.15, 0.2) is 72.9 Å². The first-order valence-electron chi connectivity index (χ1n) is 25.1. The fraction of sp³-hybridized carbons (Fsp3) is 0.722.